The molecule has 1 heterocycles. The quantitative estimate of drug-likeness (QED) is 0.782. The van der Waals surface area contributed by atoms with Gasteiger partial charge in [-0.25, -0.2) is 18.7 Å². The van der Waals surface area contributed by atoms with E-state index in [9.17, 15) is 8.78 Å². The van der Waals surface area contributed by atoms with Crippen LogP contribution in [0.25, 0.3) is 0 Å². The molecule has 1 aromatic rings. The maximum Gasteiger partial charge on any atom is 0.280 e. The summed E-state index contributed by atoms with van der Waals surface area (Å²) >= 11 is 3.14. The Morgan fingerprint density at radius 3 is 2.71 bits per heavy atom. The lowest BCUT2D eigenvalue weighted by Crippen LogP contribution is -2.02. The van der Waals surface area contributed by atoms with Gasteiger partial charge in [0.25, 0.3) is 6.43 Å². The van der Waals surface area contributed by atoms with Crippen molar-refractivity contribution in [2.24, 2.45) is 0 Å². The highest BCUT2D eigenvalue weighted by Gasteiger charge is 2.28. The fourth-order valence-electron chi connectivity index (χ4n) is 1.26. The van der Waals surface area contributed by atoms with Crippen LogP contribution in [0.4, 0.5) is 8.78 Å². The summed E-state index contributed by atoms with van der Waals surface area (Å²) in [6.45, 7) is 0. The fraction of sp³-hybridized carbons (Fsp3) is 0.556. The van der Waals surface area contributed by atoms with Crippen LogP contribution in [0.3, 0.4) is 0 Å². The normalized spacial score (nSPS) is 16.3. The van der Waals surface area contributed by atoms with E-state index in [4.69, 9.17) is 0 Å². The Bertz CT molecular complexity index is 340. The van der Waals surface area contributed by atoms with Gasteiger partial charge >= 0.3 is 0 Å². The van der Waals surface area contributed by atoms with Crippen LogP contribution >= 0.6 is 15.9 Å². The average molecular weight is 263 g/mol. The van der Waals surface area contributed by atoms with E-state index in [1.54, 1.807) is 0 Å². The number of hydrogen-bond acceptors (Lipinski definition) is 2. The molecular weight excluding hydrogens is 254 g/mol. The Kier molecular flexibility index (Phi) is 2.76. The molecule has 0 aliphatic heterocycles. The van der Waals surface area contributed by atoms with Crippen molar-refractivity contribution in [3.8, 4) is 0 Å². The fourth-order valence-corrected chi connectivity index (χ4v) is 1.70. The van der Waals surface area contributed by atoms with Crippen molar-refractivity contribution in [3.63, 3.8) is 0 Å². The van der Waals surface area contributed by atoms with E-state index in [0.29, 0.717) is 22.6 Å². The standard InChI is InChI=1S/C9H9BrF2N2/c10-3-6-4-13-9(5-1-2-5)14-7(6)8(11)12/h4-5,8H,1-3H2. The SMILES string of the molecule is FC(F)c1nc(C2CC2)ncc1CBr. The molecule has 1 aliphatic rings. The van der Waals surface area contributed by atoms with Gasteiger partial charge in [-0.2, -0.15) is 0 Å². The Hall–Kier alpha value is -0.580. The molecule has 0 spiro atoms. The van der Waals surface area contributed by atoms with Crippen molar-refractivity contribution in [3.05, 3.63) is 23.3 Å². The first-order chi connectivity index (χ1) is 6.72. The van der Waals surface area contributed by atoms with Crippen LogP contribution in [0.5, 0.6) is 0 Å². The summed E-state index contributed by atoms with van der Waals surface area (Å²) in [4.78, 5) is 7.99. The van der Waals surface area contributed by atoms with Crippen LogP contribution in [-0.4, -0.2) is 9.97 Å². The molecule has 5 heteroatoms. The zero-order valence-corrected chi connectivity index (χ0v) is 8.97. The Balaban J connectivity index is 2.35. The summed E-state index contributed by atoms with van der Waals surface area (Å²) in [5.74, 6) is 0.891. The van der Waals surface area contributed by atoms with E-state index in [-0.39, 0.29) is 5.69 Å². The minimum atomic E-state index is -2.51. The first-order valence-electron chi connectivity index (χ1n) is 4.42. The zero-order chi connectivity index (χ0) is 10.1. The van der Waals surface area contributed by atoms with Crippen LogP contribution in [0.15, 0.2) is 6.20 Å². The van der Waals surface area contributed by atoms with Gasteiger partial charge in [0.15, 0.2) is 0 Å². The second-order valence-corrected chi connectivity index (χ2v) is 3.91. The third-order valence-electron chi connectivity index (χ3n) is 2.21. The van der Waals surface area contributed by atoms with Crippen LogP contribution < -0.4 is 0 Å². The molecule has 2 rings (SSSR count). The molecule has 0 aromatic carbocycles. The lowest BCUT2D eigenvalue weighted by Gasteiger charge is -2.06. The summed E-state index contributed by atoms with van der Waals surface area (Å²) in [5.41, 5.74) is 0.350. The predicted octanol–water partition coefficient (Wildman–Crippen LogP) is 3.19. The third-order valence-corrected chi connectivity index (χ3v) is 2.81. The highest BCUT2D eigenvalue weighted by Crippen LogP contribution is 2.38. The molecule has 1 aromatic heterocycles. The van der Waals surface area contributed by atoms with Gasteiger partial charge in [0, 0.05) is 23.0 Å². The van der Waals surface area contributed by atoms with Crippen LogP contribution in [-0.2, 0) is 5.33 Å². The van der Waals surface area contributed by atoms with Gasteiger partial charge in [-0.05, 0) is 12.8 Å². The summed E-state index contributed by atoms with van der Waals surface area (Å²) < 4.78 is 25.1. The van der Waals surface area contributed by atoms with E-state index in [1.807, 2.05) is 0 Å². The van der Waals surface area contributed by atoms with Crippen LogP contribution in [0.2, 0.25) is 0 Å². The number of aromatic nitrogens is 2. The van der Waals surface area contributed by atoms with Gasteiger partial charge in [0.05, 0.1) is 0 Å². The van der Waals surface area contributed by atoms with Gasteiger partial charge in [0.2, 0.25) is 0 Å². The molecule has 0 amide bonds. The minimum absolute atomic E-state index is 0.126. The van der Waals surface area contributed by atoms with Gasteiger partial charge < -0.3 is 0 Å². The molecule has 0 radical (unpaired) electrons. The second kappa shape index (κ2) is 3.88. The number of rotatable bonds is 3. The second-order valence-electron chi connectivity index (χ2n) is 3.35. The van der Waals surface area contributed by atoms with Crippen molar-refractivity contribution in [2.75, 3.05) is 0 Å². The van der Waals surface area contributed by atoms with Gasteiger partial charge in [-0.1, -0.05) is 15.9 Å². The van der Waals surface area contributed by atoms with Gasteiger partial charge in [-0.3, -0.25) is 0 Å². The molecule has 0 saturated heterocycles. The Morgan fingerprint density at radius 1 is 1.50 bits per heavy atom. The first kappa shape index (κ1) is 9.96. The highest BCUT2D eigenvalue weighted by atomic mass is 79.9. The summed E-state index contributed by atoms with van der Waals surface area (Å²) in [7, 11) is 0. The number of alkyl halides is 3. The smallest absolute Gasteiger partial charge is 0.241 e. The molecule has 1 fully saturated rings. The van der Waals surface area contributed by atoms with Crippen molar-refractivity contribution in [1.29, 1.82) is 0 Å². The first-order valence-corrected chi connectivity index (χ1v) is 5.54. The number of nitrogens with zero attached hydrogens (tertiary/aromatic N) is 2. The van der Waals surface area contributed by atoms with Crippen molar-refractivity contribution < 1.29 is 8.78 Å². The topological polar surface area (TPSA) is 25.8 Å². The van der Waals surface area contributed by atoms with Gasteiger partial charge in [-0.15, -0.1) is 0 Å². The molecule has 14 heavy (non-hydrogen) atoms. The van der Waals surface area contributed by atoms with E-state index in [2.05, 4.69) is 25.9 Å². The van der Waals surface area contributed by atoms with Gasteiger partial charge in [0.1, 0.15) is 11.5 Å². The maximum atomic E-state index is 12.6. The van der Waals surface area contributed by atoms with Crippen LogP contribution in [0.1, 0.15) is 42.3 Å². The third kappa shape index (κ3) is 1.92. The van der Waals surface area contributed by atoms with E-state index in [1.165, 1.54) is 6.20 Å². The van der Waals surface area contributed by atoms with Crippen molar-refractivity contribution in [1.82, 2.24) is 9.97 Å². The average Bonchev–Trinajstić information content (AvgIpc) is 3.00. The lowest BCUT2D eigenvalue weighted by molar-refractivity contribution is 0.144. The molecular formula is C9H9BrF2N2. The molecule has 76 valence electrons. The molecule has 2 nitrogen and oxygen atoms in total. The lowest BCUT2D eigenvalue weighted by atomic mass is 10.2. The monoisotopic (exact) mass is 262 g/mol. The molecule has 0 atom stereocenters. The zero-order valence-electron chi connectivity index (χ0n) is 7.38. The minimum Gasteiger partial charge on any atom is -0.241 e. The predicted molar refractivity (Wildman–Crippen MR) is 51.6 cm³/mol. The Labute approximate surface area is 88.9 Å². The maximum absolute atomic E-state index is 12.6. The molecule has 0 N–H and O–H groups in total. The van der Waals surface area contributed by atoms with Crippen LogP contribution in [0, 0.1) is 0 Å². The summed E-state index contributed by atoms with van der Waals surface area (Å²) in [5, 5.41) is 0.373. The number of halogens is 3. The summed E-state index contributed by atoms with van der Waals surface area (Å²) in [6, 6.07) is 0. The summed E-state index contributed by atoms with van der Waals surface area (Å²) in [6.07, 6.45) is 1.03. The molecule has 1 saturated carbocycles. The molecule has 1 aliphatic carbocycles. The van der Waals surface area contributed by atoms with E-state index < -0.39 is 6.43 Å². The van der Waals surface area contributed by atoms with E-state index in [0.717, 1.165) is 12.8 Å². The molecule has 0 unspecified atom stereocenters. The Morgan fingerprint density at radius 2 is 2.21 bits per heavy atom. The highest BCUT2D eigenvalue weighted by molar-refractivity contribution is 9.08. The van der Waals surface area contributed by atoms with E-state index >= 15 is 0 Å². The number of hydrogen-bond donors (Lipinski definition) is 0. The molecule has 0 bridgehead atoms. The van der Waals surface area contributed by atoms with Crippen molar-refractivity contribution in [2.45, 2.75) is 30.5 Å². The largest absolute Gasteiger partial charge is 0.280 e. The van der Waals surface area contributed by atoms with Crippen molar-refractivity contribution >= 4 is 15.9 Å².